The molecule has 0 spiro atoms. The fraction of sp³-hybridized carbons (Fsp3) is 0.250. The quantitative estimate of drug-likeness (QED) is 0.180. The Labute approximate surface area is 57.4 Å². The minimum atomic E-state index is -1.15. The van der Waals surface area contributed by atoms with E-state index < -0.39 is 5.97 Å². The first-order valence-corrected chi connectivity index (χ1v) is 2.42. The Kier molecular flexibility index (Phi) is 2.89. The van der Waals surface area contributed by atoms with Gasteiger partial charge in [-0.15, -0.1) is 9.79 Å². The van der Waals surface area contributed by atoms with E-state index >= 15 is 0 Å². The van der Waals surface area contributed by atoms with Crippen molar-refractivity contribution < 1.29 is 14.6 Å². The fourth-order valence-electron chi connectivity index (χ4n) is 0.203. The van der Waals surface area contributed by atoms with Gasteiger partial charge in [0.1, 0.15) is 6.21 Å². The van der Waals surface area contributed by atoms with Crippen molar-refractivity contribution in [2.45, 2.75) is 0 Å². The summed E-state index contributed by atoms with van der Waals surface area (Å²) >= 11 is 0. The van der Waals surface area contributed by atoms with Crippen LogP contribution in [0.15, 0.2) is 5.10 Å². The number of carboxylic acid groups (broad SMARTS) is 1. The number of nitrogens with two attached hydrogens (primary N) is 2. The van der Waals surface area contributed by atoms with Gasteiger partial charge < -0.3 is 5.11 Å². The van der Waals surface area contributed by atoms with E-state index in [-0.39, 0.29) is 5.96 Å². The summed E-state index contributed by atoms with van der Waals surface area (Å²) in [5.74, 6) is -1.20. The van der Waals surface area contributed by atoms with Crippen molar-refractivity contribution in [2.24, 2.45) is 16.6 Å². The number of aliphatic carboxylic acids is 1. The first kappa shape index (κ1) is 8.41. The van der Waals surface area contributed by atoms with E-state index in [1.54, 1.807) is 0 Å². The average Bonchev–Trinajstić information content (AvgIpc) is 1.82. The van der Waals surface area contributed by atoms with Gasteiger partial charge in [-0.2, -0.15) is 0 Å². The number of hydrogen-bond acceptors (Lipinski definition) is 2. The van der Waals surface area contributed by atoms with Crippen LogP contribution in [0.5, 0.6) is 0 Å². The molecule has 0 unspecified atom stereocenters. The lowest BCUT2D eigenvalue weighted by Crippen LogP contribution is -2.31. The molecule has 0 aromatic rings. The summed E-state index contributed by atoms with van der Waals surface area (Å²) < 4.78 is 1.05. The van der Waals surface area contributed by atoms with E-state index in [1.165, 1.54) is 7.05 Å². The van der Waals surface area contributed by atoms with Crippen molar-refractivity contribution in [2.75, 3.05) is 7.05 Å². The number of carboxylic acids is 1. The summed E-state index contributed by atoms with van der Waals surface area (Å²) in [7, 11) is 1.44. The monoisotopic (exact) mass is 145 g/mol. The minimum Gasteiger partial charge on any atom is -0.477 e. The molecule has 0 aromatic carbocycles. The maximum atomic E-state index is 9.86. The standard InChI is InChI=1S/C4H8N4O2/c1-8(4(5)6)7-2-3(9)10/h2H,1H3,(H4,5,6,9,10)/p+1/b7-2+. The second kappa shape index (κ2) is 3.44. The van der Waals surface area contributed by atoms with Crippen molar-refractivity contribution in [3.8, 4) is 0 Å². The Morgan fingerprint density at radius 1 is 1.70 bits per heavy atom. The molecule has 0 aliphatic heterocycles. The molecule has 0 aromatic heterocycles. The number of carbonyl (C=O) groups is 1. The molecule has 0 aliphatic rings. The van der Waals surface area contributed by atoms with E-state index in [0.29, 0.717) is 6.21 Å². The Morgan fingerprint density at radius 2 is 2.20 bits per heavy atom. The third-order valence-electron chi connectivity index (χ3n) is 0.715. The van der Waals surface area contributed by atoms with Gasteiger partial charge in [-0.3, -0.25) is 11.5 Å². The number of hydrazone groups is 1. The molecule has 0 aliphatic carbocycles. The van der Waals surface area contributed by atoms with Gasteiger partial charge in [-0.25, -0.2) is 4.79 Å². The maximum absolute atomic E-state index is 9.86. The molecule has 56 valence electrons. The average molecular weight is 145 g/mol. The van der Waals surface area contributed by atoms with Crippen LogP contribution in [0.3, 0.4) is 0 Å². The van der Waals surface area contributed by atoms with Gasteiger partial charge in [0.05, 0.1) is 7.05 Å². The Bertz CT molecular complexity index is 191. The molecule has 6 heteroatoms. The number of hydrogen-bond donors (Lipinski definition) is 3. The van der Waals surface area contributed by atoms with Crippen molar-refractivity contribution >= 4 is 18.1 Å². The molecule has 0 fully saturated rings. The van der Waals surface area contributed by atoms with Crippen LogP contribution in [-0.2, 0) is 4.79 Å². The van der Waals surface area contributed by atoms with Crippen molar-refractivity contribution in [1.29, 1.82) is 0 Å². The predicted molar refractivity (Wildman–Crippen MR) is 35.7 cm³/mol. The summed E-state index contributed by atoms with van der Waals surface area (Å²) in [5, 5.41) is 11.4. The van der Waals surface area contributed by atoms with E-state index in [4.69, 9.17) is 16.6 Å². The molecule has 5 N–H and O–H groups in total. The van der Waals surface area contributed by atoms with Crippen LogP contribution in [0, 0.1) is 0 Å². The zero-order valence-electron chi connectivity index (χ0n) is 5.48. The molecule has 0 heterocycles. The third kappa shape index (κ3) is 3.42. The highest BCUT2D eigenvalue weighted by atomic mass is 16.4. The number of guanidine groups is 1. The Hall–Kier alpha value is -1.59. The Morgan fingerprint density at radius 3 is 2.50 bits per heavy atom. The normalized spacial score (nSPS) is 9.70. The van der Waals surface area contributed by atoms with Gasteiger partial charge in [0.2, 0.25) is 0 Å². The lowest BCUT2D eigenvalue weighted by molar-refractivity contribution is -0.503. The van der Waals surface area contributed by atoms with E-state index in [9.17, 15) is 4.79 Å². The second-order valence-electron chi connectivity index (χ2n) is 1.53. The van der Waals surface area contributed by atoms with Crippen LogP contribution in [0.25, 0.3) is 0 Å². The lowest BCUT2D eigenvalue weighted by Gasteiger charge is -1.89. The maximum Gasteiger partial charge on any atom is 0.364 e. The highest BCUT2D eigenvalue weighted by Gasteiger charge is 1.93. The van der Waals surface area contributed by atoms with E-state index in [1.807, 2.05) is 0 Å². The number of rotatable bonds is 2. The molecule has 6 nitrogen and oxygen atoms in total. The van der Waals surface area contributed by atoms with Gasteiger partial charge in [-0.1, -0.05) is 0 Å². The van der Waals surface area contributed by atoms with E-state index in [2.05, 4.69) is 5.10 Å². The summed E-state index contributed by atoms with van der Waals surface area (Å²) in [6.45, 7) is 0. The SMILES string of the molecule is C[N+](/N=C/C(=O)O)=C(N)N. The molecule has 0 saturated heterocycles. The van der Waals surface area contributed by atoms with Gasteiger partial charge >= 0.3 is 11.9 Å². The van der Waals surface area contributed by atoms with E-state index in [0.717, 1.165) is 4.68 Å². The van der Waals surface area contributed by atoms with Crippen LogP contribution < -0.4 is 11.5 Å². The smallest absolute Gasteiger partial charge is 0.364 e. The first-order chi connectivity index (χ1) is 4.54. The predicted octanol–water partition coefficient (Wildman–Crippen LogP) is -2.03. The topological polar surface area (TPSA) is 105 Å². The summed E-state index contributed by atoms with van der Waals surface area (Å²) in [6.07, 6.45) is 0.694. The van der Waals surface area contributed by atoms with Gasteiger partial charge in [-0.05, 0) is 0 Å². The molecule has 0 amide bonds. The summed E-state index contributed by atoms with van der Waals surface area (Å²) in [4.78, 5) is 9.86. The second-order valence-corrected chi connectivity index (χ2v) is 1.53. The van der Waals surface area contributed by atoms with Gasteiger partial charge in [0.25, 0.3) is 0 Å². The van der Waals surface area contributed by atoms with Crippen LogP contribution in [-0.4, -0.2) is 35.0 Å². The van der Waals surface area contributed by atoms with Crippen molar-refractivity contribution in [3.63, 3.8) is 0 Å². The highest BCUT2D eigenvalue weighted by Crippen LogP contribution is 1.65. The molecule has 0 rings (SSSR count). The van der Waals surface area contributed by atoms with Crippen molar-refractivity contribution in [3.05, 3.63) is 0 Å². The van der Waals surface area contributed by atoms with Crippen LogP contribution in [0.4, 0.5) is 0 Å². The zero-order chi connectivity index (χ0) is 8.15. The van der Waals surface area contributed by atoms with Gasteiger partial charge in [0.15, 0.2) is 0 Å². The molecule has 0 radical (unpaired) electrons. The molecule has 0 bridgehead atoms. The Balaban J connectivity index is 4.16. The molecular formula is C4H9N4O2+. The first-order valence-electron chi connectivity index (χ1n) is 2.42. The summed E-state index contributed by atoms with van der Waals surface area (Å²) in [5.41, 5.74) is 10.1. The zero-order valence-corrected chi connectivity index (χ0v) is 5.48. The summed E-state index contributed by atoms with van der Waals surface area (Å²) in [6, 6.07) is 0. The van der Waals surface area contributed by atoms with Crippen LogP contribution >= 0.6 is 0 Å². The molecule has 10 heavy (non-hydrogen) atoms. The third-order valence-corrected chi connectivity index (χ3v) is 0.715. The highest BCUT2D eigenvalue weighted by molar-refractivity contribution is 6.21. The number of nitrogens with zero attached hydrogens (tertiary/aromatic N) is 2. The molecule has 0 saturated carbocycles. The lowest BCUT2D eigenvalue weighted by atomic mass is 10.8. The fourth-order valence-corrected chi connectivity index (χ4v) is 0.203. The van der Waals surface area contributed by atoms with Crippen LogP contribution in [0.1, 0.15) is 0 Å². The van der Waals surface area contributed by atoms with Crippen molar-refractivity contribution in [1.82, 2.24) is 0 Å². The molecular weight excluding hydrogens is 136 g/mol. The molecule has 0 atom stereocenters. The van der Waals surface area contributed by atoms with Gasteiger partial charge in [0, 0.05) is 0 Å². The minimum absolute atomic E-state index is 0.0579. The van der Waals surface area contributed by atoms with Crippen LogP contribution in [0.2, 0.25) is 0 Å². The largest absolute Gasteiger partial charge is 0.477 e.